The molecule has 1 saturated carbocycles. The molecule has 1 aromatic carbocycles. The second-order valence-electron chi connectivity index (χ2n) is 5.78. The van der Waals surface area contributed by atoms with E-state index in [0.717, 1.165) is 30.8 Å². The molecule has 0 radical (unpaired) electrons. The van der Waals surface area contributed by atoms with Crippen LogP contribution in [0.2, 0.25) is 0 Å². The highest BCUT2D eigenvalue weighted by Crippen LogP contribution is 2.40. The zero-order valence-electron chi connectivity index (χ0n) is 11.5. The van der Waals surface area contributed by atoms with E-state index in [9.17, 15) is 4.39 Å². The van der Waals surface area contributed by atoms with E-state index in [1.165, 1.54) is 25.3 Å². The Morgan fingerprint density at radius 3 is 2.79 bits per heavy atom. The molecule has 2 atom stereocenters. The molecule has 3 heteroatoms. The lowest BCUT2D eigenvalue weighted by molar-refractivity contribution is 0.119. The molecule has 19 heavy (non-hydrogen) atoms. The maximum absolute atomic E-state index is 13.3. The second-order valence-corrected chi connectivity index (χ2v) is 5.78. The second kappa shape index (κ2) is 5.49. The van der Waals surface area contributed by atoms with Gasteiger partial charge in [-0.05, 0) is 61.9 Å². The Hall–Kier alpha value is -1.09. The maximum atomic E-state index is 13.3. The highest BCUT2D eigenvalue weighted by atomic mass is 19.1. The number of hydrogen-bond acceptors (Lipinski definition) is 2. The molecule has 1 N–H and O–H groups in total. The topological polar surface area (TPSA) is 21.3 Å². The van der Waals surface area contributed by atoms with Crippen molar-refractivity contribution in [2.45, 2.75) is 38.7 Å². The molecule has 1 saturated heterocycles. The van der Waals surface area contributed by atoms with Crippen molar-refractivity contribution in [1.82, 2.24) is 5.32 Å². The summed E-state index contributed by atoms with van der Waals surface area (Å²) < 4.78 is 19.6. The minimum absolute atomic E-state index is 0.172. The smallest absolute Gasteiger partial charge is 0.123 e. The van der Waals surface area contributed by atoms with Crippen LogP contribution in [0.3, 0.4) is 0 Å². The van der Waals surface area contributed by atoms with Crippen molar-refractivity contribution in [2.24, 2.45) is 11.8 Å². The first-order valence-electron chi connectivity index (χ1n) is 7.43. The molecular formula is C16H22FNO. The number of ether oxygens (including phenoxy) is 1. The first kappa shape index (κ1) is 12.9. The number of halogens is 1. The molecule has 1 aliphatic carbocycles. The first-order chi connectivity index (χ1) is 9.28. The summed E-state index contributed by atoms with van der Waals surface area (Å²) in [6.07, 6.45) is 4.89. The van der Waals surface area contributed by atoms with Gasteiger partial charge in [-0.2, -0.15) is 0 Å². The Kier molecular flexibility index (Phi) is 3.74. The molecule has 0 bridgehead atoms. The molecular weight excluding hydrogens is 241 g/mol. The quantitative estimate of drug-likeness (QED) is 0.881. The lowest BCUT2D eigenvalue weighted by atomic mass is 9.97. The van der Waals surface area contributed by atoms with E-state index in [1.807, 2.05) is 6.92 Å². The molecule has 3 rings (SSSR count). The molecule has 104 valence electrons. The van der Waals surface area contributed by atoms with Crippen molar-refractivity contribution in [3.63, 3.8) is 0 Å². The minimum Gasteiger partial charge on any atom is -0.490 e. The summed E-state index contributed by atoms with van der Waals surface area (Å²) in [5, 5.41) is 3.42. The van der Waals surface area contributed by atoms with Gasteiger partial charge in [0.15, 0.2) is 0 Å². The van der Waals surface area contributed by atoms with Crippen LogP contribution in [-0.4, -0.2) is 19.2 Å². The fourth-order valence-electron chi connectivity index (χ4n) is 3.05. The van der Waals surface area contributed by atoms with Gasteiger partial charge < -0.3 is 10.1 Å². The Bertz CT molecular complexity index is 438. The third kappa shape index (κ3) is 2.92. The van der Waals surface area contributed by atoms with Gasteiger partial charge in [-0.15, -0.1) is 0 Å². The molecule has 1 aliphatic heterocycles. The van der Waals surface area contributed by atoms with Gasteiger partial charge in [-0.25, -0.2) is 4.39 Å². The summed E-state index contributed by atoms with van der Waals surface area (Å²) in [6, 6.07) is 4.91. The normalized spacial score (nSPS) is 24.4. The molecule has 2 fully saturated rings. The lowest BCUT2D eigenvalue weighted by Crippen LogP contribution is -2.31. The summed E-state index contributed by atoms with van der Waals surface area (Å²) in [4.78, 5) is 0. The van der Waals surface area contributed by atoms with Gasteiger partial charge in [-0.3, -0.25) is 0 Å². The van der Waals surface area contributed by atoms with Gasteiger partial charge in [0.2, 0.25) is 0 Å². The van der Waals surface area contributed by atoms with E-state index in [-0.39, 0.29) is 5.82 Å². The molecule has 1 aromatic rings. The number of hydrogen-bond donors (Lipinski definition) is 1. The van der Waals surface area contributed by atoms with Crippen LogP contribution in [0, 0.1) is 17.7 Å². The Morgan fingerprint density at radius 2 is 2.16 bits per heavy atom. The standard InChI is InChI=1S/C16H22FNO/c1-2-11-9-14(17)5-6-15(11)19-16(12-3-4-12)13-7-8-18-10-13/h5-6,9,12-13,16,18H,2-4,7-8,10H2,1H3/t13-,16+/m0/s1. The monoisotopic (exact) mass is 263 g/mol. The van der Waals surface area contributed by atoms with Gasteiger partial charge in [0, 0.05) is 12.5 Å². The highest BCUT2D eigenvalue weighted by Gasteiger charge is 2.39. The van der Waals surface area contributed by atoms with Crippen LogP contribution in [0.4, 0.5) is 4.39 Å². The van der Waals surface area contributed by atoms with Crippen LogP contribution in [0.15, 0.2) is 18.2 Å². The van der Waals surface area contributed by atoms with Crippen LogP contribution < -0.4 is 10.1 Å². The third-order valence-electron chi connectivity index (χ3n) is 4.32. The molecule has 2 aliphatic rings. The fraction of sp³-hybridized carbons (Fsp3) is 0.625. The average Bonchev–Trinajstić information content (AvgIpc) is 3.11. The summed E-state index contributed by atoms with van der Waals surface area (Å²) in [5.41, 5.74) is 0.983. The van der Waals surface area contributed by atoms with Crippen LogP contribution >= 0.6 is 0 Å². The Morgan fingerprint density at radius 1 is 1.32 bits per heavy atom. The first-order valence-corrected chi connectivity index (χ1v) is 7.43. The lowest BCUT2D eigenvalue weighted by Gasteiger charge is -2.25. The molecule has 0 spiro atoms. The summed E-state index contributed by atoms with van der Waals surface area (Å²) in [6.45, 7) is 4.20. The molecule has 0 amide bonds. The molecule has 2 nitrogen and oxygen atoms in total. The maximum Gasteiger partial charge on any atom is 0.123 e. The number of benzene rings is 1. The van der Waals surface area contributed by atoms with Crippen molar-refractivity contribution in [3.05, 3.63) is 29.6 Å². The zero-order valence-corrected chi connectivity index (χ0v) is 11.5. The molecule has 0 unspecified atom stereocenters. The summed E-state index contributed by atoms with van der Waals surface area (Å²) in [7, 11) is 0. The Labute approximate surface area is 114 Å². The summed E-state index contributed by atoms with van der Waals surface area (Å²) in [5.74, 6) is 2.03. The Balaban J connectivity index is 1.77. The van der Waals surface area contributed by atoms with Gasteiger partial charge in [0.25, 0.3) is 0 Å². The predicted octanol–water partition coefficient (Wildman–Crippen LogP) is 3.16. The molecule has 0 aromatic heterocycles. The van der Waals surface area contributed by atoms with E-state index < -0.39 is 0 Å². The van der Waals surface area contributed by atoms with Gasteiger partial charge >= 0.3 is 0 Å². The van der Waals surface area contributed by atoms with Crippen molar-refractivity contribution in [1.29, 1.82) is 0 Å². The van der Waals surface area contributed by atoms with Crippen LogP contribution in [0.25, 0.3) is 0 Å². The number of nitrogens with one attached hydrogen (secondary N) is 1. The van der Waals surface area contributed by atoms with Crippen LogP contribution in [0.1, 0.15) is 31.7 Å². The van der Waals surface area contributed by atoms with E-state index in [0.29, 0.717) is 17.9 Å². The summed E-state index contributed by atoms with van der Waals surface area (Å²) >= 11 is 0. The van der Waals surface area contributed by atoms with Gasteiger partial charge in [-0.1, -0.05) is 6.92 Å². The van der Waals surface area contributed by atoms with E-state index in [4.69, 9.17) is 4.74 Å². The van der Waals surface area contributed by atoms with Crippen molar-refractivity contribution in [2.75, 3.05) is 13.1 Å². The van der Waals surface area contributed by atoms with Gasteiger partial charge in [0.05, 0.1) is 0 Å². The van der Waals surface area contributed by atoms with Crippen LogP contribution in [0.5, 0.6) is 5.75 Å². The SMILES string of the molecule is CCc1cc(F)ccc1O[C@H](C1CC1)[C@H]1CCNC1. The number of aryl methyl sites for hydroxylation is 1. The van der Waals surface area contributed by atoms with Gasteiger partial charge in [0.1, 0.15) is 17.7 Å². The van der Waals surface area contributed by atoms with E-state index in [2.05, 4.69) is 5.32 Å². The molecule has 1 heterocycles. The van der Waals surface area contributed by atoms with Crippen LogP contribution in [-0.2, 0) is 6.42 Å². The predicted molar refractivity (Wildman–Crippen MR) is 73.9 cm³/mol. The van der Waals surface area contributed by atoms with E-state index in [1.54, 1.807) is 12.1 Å². The average molecular weight is 263 g/mol. The van der Waals surface area contributed by atoms with Crippen molar-refractivity contribution < 1.29 is 9.13 Å². The third-order valence-corrected chi connectivity index (χ3v) is 4.32. The van der Waals surface area contributed by atoms with Crippen molar-refractivity contribution >= 4 is 0 Å². The minimum atomic E-state index is -0.172. The largest absolute Gasteiger partial charge is 0.490 e. The number of rotatable bonds is 5. The highest BCUT2D eigenvalue weighted by molar-refractivity contribution is 5.34. The zero-order chi connectivity index (χ0) is 13.2. The van der Waals surface area contributed by atoms with Crippen molar-refractivity contribution in [3.8, 4) is 5.75 Å². The van der Waals surface area contributed by atoms with E-state index >= 15 is 0 Å². The fourth-order valence-corrected chi connectivity index (χ4v) is 3.05.